The molecule has 5 N–H and O–H groups in total. The highest BCUT2D eigenvalue weighted by molar-refractivity contribution is 5.81. The lowest BCUT2D eigenvalue weighted by molar-refractivity contribution is 0.129. The molecule has 0 radical (unpaired) electrons. The maximum absolute atomic E-state index is 13.1. The molecule has 0 aliphatic rings. The molecule has 10 rings (SSSR count). The van der Waals surface area contributed by atoms with Gasteiger partial charge in [-0.2, -0.15) is 10.2 Å². The van der Waals surface area contributed by atoms with Crippen molar-refractivity contribution >= 4 is 44.7 Å². The summed E-state index contributed by atoms with van der Waals surface area (Å²) in [6.07, 6.45) is 11.7. The molecule has 0 bridgehead atoms. The Kier molecular flexibility index (Phi) is 13.2. The van der Waals surface area contributed by atoms with E-state index in [1.54, 1.807) is 50.0 Å². The predicted molar refractivity (Wildman–Crippen MR) is 243 cm³/mol. The van der Waals surface area contributed by atoms with Gasteiger partial charge in [0.1, 0.15) is 46.3 Å². The van der Waals surface area contributed by atoms with E-state index >= 15 is 0 Å². The van der Waals surface area contributed by atoms with Crippen LogP contribution >= 0.6 is 0 Å². The van der Waals surface area contributed by atoms with E-state index in [2.05, 4.69) is 69.8 Å². The molecule has 8 heterocycles. The quantitative estimate of drug-likeness (QED) is 0.0769. The van der Waals surface area contributed by atoms with Crippen molar-refractivity contribution in [2.45, 2.75) is 52.6 Å². The number of anilines is 2. The predicted octanol–water partition coefficient (Wildman–Crippen LogP) is 9.95. The molecular weight excluding hydrogens is 799 g/mol. The average molecular weight is 847 g/mol. The second kappa shape index (κ2) is 19.8. The van der Waals surface area contributed by atoms with Crippen molar-refractivity contribution in [3.05, 3.63) is 186 Å². The van der Waals surface area contributed by atoms with Crippen molar-refractivity contribution in [2.24, 2.45) is 0 Å². The van der Waals surface area contributed by atoms with Crippen molar-refractivity contribution in [1.29, 1.82) is 0 Å². The van der Waals surface area contributed by atoms with Gasteiger partial charge in [-0.15, -0.1) is 0 Å². The Morgan fingerprint density at radius 3 is 1.84 bits per heavy atom. The lowest BCUT2D eigenvalue weighted by atomic mass is 10.1. The van der Waals surface area contributed by atoms with Gasteiger partial charge in [0.2, 0.25) is 0 Å². The zero-order valence-corrected chi connectivity index (χ0v) is 35.2. The number of rotatable bonds is 13. The molecule has 320 valence electrons. The van der Waals surface area contributed by atoms with Gasteiger partial charge in [-0.05, 0) is 97.3 Å². The van der Waals surface area contributed by atoms with E-state index in [1.807, 2.05) is 77.3 Å². The summed E-state index contributed by atoms with van der Waals surface area (Å²) in [5.41, 5.74) is 9.00. The fraction of sp³-hybridized carbons (Fsp3) is 0.188. The van der Waals surface area contributed by atoms with Crippen LogP contribution in [-0.2, 0) is 37.3 Å². The zero-order chi connectivity index (χ0) is 43.5. The molecule has 8 aromatic heterocycles. The van der Waals surface area contributed by atoms with Crippen LogP contribution in [0.5, 0.6) is 0 Å². The third-order valence-electron chi connectivity index (χ3n) is 10.5. The number of hydrogen-bond donors (Lipinski definition) is 5. The van der Waals surface area contributed by atoms with Crippen LogP contribution in [0.15, 0.2) is 140 Å². The summed E-state index contributed by atoms with van der Waals surface area (Å²) < 4.78 is 35.8. The van der Waals surface area contributed by atoms with E-state index in [1.165, 1.54) is 29.8 Å². The Morgan fingerprint density at radius 2 is 1.21 bits per heavy atom. The lowest BCUT2D eigenvalue weighted by Gasteiger charge is -2.16. The molecule has 10 aromatic rings. The first-order chi connectivity index (χ1) is 30.9. The summed E-state index contributed by atoms with van der Waals surface area (Å²) in [5.74, 6) is 1.11. The standard InChI is InChI=1S/C21H22FN5O.C20H20FN5.C7H6N2/c1-3-27-18(11-19(26-27)24-12-14-6-8-15(22)9-7-14)20(28-2)17-13-25-21-16(17)5-4-10-23-21;1-2-26-17(10-15-13-24-20-18(15)4-3-9-22-20)11-19(25-26)23-12-14-5-7-16(21)8-6-14;1-2-6-3-5-9-7(6)8-4-1/h4-11,13,20H,3,12H2,1-2H3,(H,23,25)(H,24,26);3-9,11,13H,2,10,12H2,1H3,(H,22,24)(H,23,25);1-5H,(H,8,9). The molecule has 0 saturated carbocycles. The van der Waals surface area contributed by atoms with Crippen LogP contribution in [0.4, 0.5) is 20.4 Å². The number of aromatic amines is 3. The molecule has 0 amide bonds. The van der Waals surface area contributed by atoms with Gasteiger partial charge in [-0.1, -0.05) is 24.3 Å². The van der Waals surface area contributed by atoms with Crippen LogP contribution in [0.25, 0.3) is 33.1 Å². The Hall–Kier alpha value is -7.65. The maximum atomic E-state index is 13.1. The number of aromatic nitrogens is 10. The topological polar surface area (TPSA) is 155 Å². The fourth-order valence-electron chi connectivity index (χ4n) is 7.37. The molecule has 1 atom stereocenters. The van der Waals surface area contributed by atoms with Crippen molar-refractivity contribution in [1.82, 2.24) is 49.5 Å². The van der Waals surface area contributed by atoms with Crippen molar-refractivity contribution in [2.75, 3.05) is 17.7 Å². The van der Waals surface area contributed by atoms with Gasteiger partial charge in [0, 0.05) is 116 Å². The first-order valence-electron chi connectivity index (χ1n) is 20.7. The van der Waals surface area contributed by atoms with Gasteiger partial charge in [0.05, 0.1) is 5.69 Å². The molecule has 0 saturated heterocycles. The molecule has 63 heavy (non-hydrogen) atoms. The Balaban J connectivity index is 0.000000144. The molecule has 13 nitrogen and oxygen atoms in total. The molecular formula is C48H48F2N12O. The Bertz CT molecular complexity index is 2970. The molecule has 2 aromatic carbocycles. The van der Waals surface area contributed by atoms with Gasteiger partial charge >= 0.3 is 0 Å². The third kappa shape index (κ3) is 10.1. The summed E-state index contributed by atoms with van der Waals surface area (Å²) >= 11 is 0. The SMILES string of the molecule is CCn1nc(NCc2ccc(F)cc2)cc1C(OC)c1c[nH]c2ncccc12.CCn1nc(NCc2ccc(F)cc2)cc1Cc1c[nH]c2ncccc12.c1cnc2[nH]ccc2c1. The van der Waals surface area contributed by atoms with Gasteiger partial charge in [-0.3, -0.25) is 9.36 Å². The molecule has 0 aliphatic carbocycles. The van der Waals surface area contributed by atoms with E-state index in [4.69, 9.17) is 4.74 Å². The van der Waals surface area contributed by atoms with Gasteiger partial charge < -0.3 is 30.3 Å². The minimum absolute atomic E-state index is 0.223. The summed E-state index contributed by atoms with van der Waals surface area (Å²) in [6, 6.07) is 30.9. The number of nitrogens with zero attached hydrogens (tertiary/aromatic N) is 7. The summed E-state index contributed by atoms with van der Waals surface area (Å²) in [7, 11) is 1.69. The normalized spacial score (nSPS) is 11.6. The highest BCUT2D eigenvalue weighted by Crippen LogP contribution is 2.32. The van der Waals surface area contributed by atoms with Crippen LogP contribution in [0.1, 0.15) is 53.6 Å². The van der Waals surface area contributed by atoms with Gasteiger partial charge in [-0.25, -0.2) is 23.7 Å². The van der Waals surface area contributed by atoms with E-state index in [9.17, 15) is 8.78 Å². The first kappa shape index (κ1) is 42.1. The summed E-state index contributed by atoms with van der Waals surface area (Å²) in [4.78, 5) is 22.2. The monoisotopic (exact) mass is 846 g/mol. The zero-order valence-electron chi connectivity index (χ0n) is 35.2. The second-order valence-electron chi connectivity index (χ2n) is 14.6. The van der Waals surface area contributed by atoms with Crippen molar-refractivity contribution < 1.29 is 13.5 Å². The van der Waals surface area contributed by atoms with Crippen LogP contribution in [0.2, 0.25) is 0 Å². The number of methoxy groups -OCH3 is 1. The van der Waals surface area contributed by atoms with Crippen LogP contribution in [0.3, 0.4) is 0 Å². The Labute approximate surface area is 362 Å². The third-order valence-corrected chi connectivity index (χ3v) is 10.5. The van der Waals surface area contributed by atoms with E-state index in [0.29, 0.717) is 19.6 Å². The van der Waals surface area contributed by atoms with Crippen LogP contribution in [-0.4, -0.2) is 56.6 Å². The van der Waals surface area contributed by atoms with E-state index in [0.717, 1.165) is 85.8 Å². The number of ether oxygens (including phenoxy) is 1. The minimum Gasteiger partial charge on any atom is -0.370 e. The molecule has 0 spiro atoms. The number of H-pyrrole nitrogens is 3. The highest BCUT2D eigenvalue weighted by atomic mass is 19.1. The number of aryl methyl sites for hydroxylation is 2. The first-order valence-corrected chi connectivity index (χ1v) is 20.7. The highest BCUT2D eigenvalue weighted by Gasteiger charge is 2.23. The van der Waals surface area contributed by atoms with Gasteiger partial charge in [0.15, 0.2) is 0 Å². The second-order valence-corrected chi connectivity index (χ2v) is 14.6. The number of hydrogen-bond acceptors (Lipinski definition) is 8. The van der Waals surface area contributed by atoms with Crippen LogP contribution in [0, 0.1) is 11.6 Å². The Morgan fingerprint density at radius 1 is 0.635 bits per heavy atom. The number of nitrogens with one attached hydrogen (secondary N) is 5. The smallest absolute Gasteiger partial charge is 0.148 e. The van der Waals surface area contributed by atoms with E-state index < -0.39 is 0 Å². The summed E-state index contributed by atoms with van der Waals surface area (Å²) in [6.45, 7) is 6.82. The molecule has 1 unspecified atom stereocenters. The maximum Gasteiger partial charge on any atom is 0.148 e. The molecule has 0 fully saturated rings. The number of pyridine rings is 3. The van der Waals surface area contributed by atoms with E-state index in [-0.39, 0.29) is 17.7 Å². The summed E-state index contributed by atoms with van der Waals surface area (Å²) in [5, 5.41) is 19.2. The molecule has 0 aliphatic heterocycles. The van der Waals surface area contributed by atoms with Gasteiger partial charge in [0.25, 0.3) is 0 Å². The van der Waals surface area contributed by atoms with Crippen molar-refractivity contribution in [3.63, 3.8) is 0 Å². The number of fused-ring (bicyclic) bond motifs is 3. The lowest BCUT2D eigenvalue weighted by Crippen LogP contribution is -2.11. The average Bonchev–Trinajstić information content (AvgIpc) is 4.18. The van der Waals surface area contributed by atoms with Crippen molar-refractivity contribution in [3.8, 4) is 0 Å². The minimum atomic E-state index is -0.272. The molecule has 15 heteroatoms. The fourth-order valence-corrected chi connectivity index (χ4v) is 7.37. The largest absolute Gasteiger partial charge is 0.370 e. The van der Waals surface area contributed by atoms with Crippen LogP contribution < -0.4 is 10.6 Å². The number of benzene rings is 2. The number of halogens is 2.